The molecular formula is C32H47NO8. The molecule has 2 aliphatic rings. The van der Waals surface area contributed by atoms with E-state index in [0.29, 0.717) is 25.4 Å². The molecule has 0 spiro atoms. The van der Waals surface area contributed by atoms with Gasteiger partial charge in [-0.1, -0.05) is 63.8 Å². The number of benzene rings is 1. The van der Waals surface area contributed by atoms with E-state index in [0.717, 1.165) is 61.8 Å². The largest absolute Gasteiger partial charge is 0.463 e. The summed E-state index contributed by atoms with van der Waals surface area (Å²) in [6, 6.07) is 8.63. The van der Waals surface area contributed by atoms with E-state index in [2.05, 4.69) is 42.7 Å². The van der Waals surface area contributed by atoms with Crippen molar-refractivity contribution in [3.05, 3.63) is 52.8 Å². The van der Waals surface area contributed by atoms with Gasteiger partial charge in [0.25, 0.3) is 0 Å². The number of nitrogens with zero attached hydrogens (tertiary/aromatic N) is 1. The first-order chi connectivity index (χ1) is 19.8. The van der Waals surface area contributed by atoms with E-state index in [1.54, 1.807) is 0 Å². The molecule has 6 atom stereocenters. The highest BCUT2D eigenvalue weighted by atomic mass is 16.7. The monoisotopic (exact) mass is 573 g/mol. The van der Waals surface area contributed by atoms with Crippen LogP contribution in [0.3, 0.4) is 0 Å². The number of ether oxygens (including phenoxy) is 4. The molecule has 2 aromatic rings. The second kappa shape index (κ2) is 15.2. The molecule has 1 aromatic heterocycles. The fraction of sp³-hybridized carbons (Fsp3) is 0.656. The van der Waals surface area contributed by atoms with E-state index in [9.17, 15) is 20.1 Å². The number of unbranched alkanes of at least 4 members (excludes halogenated alkanes) is 4. The first-order valence-electron chi connectivity index (χ1n) is 15.2. The average Bonchev–Trinajstić information content (AvgIpc) is 3.61. The summed E-state index contributed by atoms with van der Waals surface area (Å²) in [7, 11) is 0. The fourth-order valence-corrected chi connectivity index (χ4v) is 5.57. The number of esters is 1. The van der Waals surface area contributed by atoms with Crippen LogP contribution in [0.2, 0.25) is 0 Å². The molecule has 0 amide bonds. The maximum Gasteiger partial charge on any atom is 0.305 e. The number of aliphatic hydroxyl groups is 3. The van der Waals surface area contributed by atoms with Gasteiger partial charge < -0.3 is 38.8 Å². The van der Waals surface area contributed by atoms with E-state index in [-0.39, 0.29) is 25.0 Å². The van der Waals surface area contributed by atoms with Crippen molar-refractivity contribution in [2.75, 3.05) is 19.8 Å². The molecule has 9 heteroatoms. The number of rotatable bonds is 14. The van der Waals surface area contributed by atoms with Crippen LogP contribution < -0.4 is 4.74 Å². The Labute approximate surface area is 243 Å². The molecule has 2 fully saturated rings. The normalized spacial score (nSPS) is 26.3. The molecule has 2 aliphatic heterocycles. The molecule has 3 heterocycles. The highest BCUT2D eigenvalue weighted by Gasteiger charge is 2.46. The van der Waals surface area contributed by atoms with E-state index in [4.69, 9.17) is 18.9 Å². The lowest BCUT2D eigenvalue weighted by Crippen LogP contribution is -2.60. The van der Waals surface area contributed by atoms with Crippen LogP contribution in [0.15, 0.2) is 30.5 Å². The Kier molecular flexibility index (Phi) is 11.6. The Morgan fingerprint density at radius 3 is 2.41 bits per heavy atom. The highest BCUT2D eigenvalue weighted by molar-refractivity contribution is 5.69. The molecule has 2 saturated heterocycles. The second-order valence-corrected chi connectivity index (χ2v) is 11.3. The van der Waals surface area contributed by atoms with Gasteiger partial charge in [-0.25, -0.2) is 0 Å². The van der Waals surface area contributed by atoms with Crippen LogP contribution in [0.4, 0.5) is 0 Å². The van der Waals surface area contributed by atoms with Crippen molar-refractivity contribution in [1.29, 1.82) is 0 Å². The standard InChI is InChI=1S/C32H47NO8/c1-4-6-7-8-9-10-28(34)39-20-27-29(35)30(36)31(37)32(41-27)40-26-18-33(24-15-16-38-19-24)21(3)25(26)17-23-13-11-22(5-2)12-14-23/h11-14,18,24,27,29-32,35-37H,4-10,15-17,19-20H2,1-3H3/t24?,27-,29-,30+,31-,32-/m1/s1. The lowest BCUT2D eigenvalue weighted by molar-refractivity contribution is -0.278. The van der Waals surface area contributed by atoms with Crippen molar-refractivity contribution in [2.24, 2.45) is 0 Å². The van der Waals surface area contributed by atoms with E-state index in [1.807, 2.05) is 13.1 Å². The zero-order chi connectivity index (χ0) is 29.4. The van der Waals surface area contributed by atoms with Crippen LogP contribution in [-0.4, -0.2) is 76.4 Å². The molecule has 0 saturated carbocycles. The third-order valence-electron chi connectivity index (χ3n) is 8.29. The summed E-state index contributed by atoms with van der Waals surface area (Å²) < 4.78 is 25.3. The Hall–Kier alpha value is -2.43. The van der Waals surface area contributed by atoms with Crippen molar-refractivity contribution < 1.29 is 39.1 Å². The van der Waals surface area contributed by atoms with Crippen molar-refractivity contribution in [3.63, 3.8) is 0 Å². The topological polar surface area (TPSA) is 120 Å². The SMILES string of the molecule is CCCCCCCC(=O)OC[C@H]1O[C@@H](Oc2cn(C3CCOC3)c(C)c2Cc2ccc(CC)cc2)[C@H](O)[C@@H](O)[C@@H]1O. The number of carbonyl (C=O) groups excluding carboxylic acids is 1. The van der Waals surface area contributed by atoms with Crippen LogP contribution >= 0.6 is 0 Å². The number of hydrogen-bond donors (Lipinski definition) is 3. The lowest BCUT2D eigenvalue weighted by atomic mass is 9.99. The van der Waals surface area contributed by atoms with Crippen LogP contribution in [-0.2, 0) is 31.8 Å². The van der Waals surface area contributed by atoms with Gasteiger partial charge in [-0.3, -0.25) is 4.79 Å². The van der Waals surface area contributed by atoms with Crippen LogP contribution in [0.5, 0.6) is 5.75 Å². The van der Waals surface area contributed by atoms with E-state index >= 15 is 0 Å². The maximum atomic E-state index is 12.3. The third kappa shape index (κ3) is 8.11. The zero-order valence-corrected chi connectivity index (χ0v) is 24.7. The molecule has 3 N–H and O–H groups in total. The van der Waals surface area contributed by atoms with Gasteiger partial charge in [0.15, 0.2) is 0 Å². The summed E-state index contributed by atoms with van der Waals surface area (Å²) in [5, 5.41) is 32.0. The van der Waals surface area contributed by atoms with Gasteiger partial charge in [-0.05, 0) is 37.3 Å². The van der Waals surface area contributed by atoms with E-state index < -0.39 is 30.7 Å². The molecule has 228 valence electrons. The highest BCUT2D eigenvalue weighted by Crippen LogP contribution is 2.35. The van der Waals surface area contributed by atoms with Gasteiger partial charge in [0, 0.05) is 36.9 Å². The summed E-state index contributed by atoms with van der Waals surface area (Å²) in [4.78, 5) is 12.3. The molecule has 1 aromatic carbocycles. The Balaban J connectivity index is 1.47. The van der Waals surface area contributed by atoms with Crippen molar-refractivity contribution in [3.8, 4) is 5.75 Å². The summed E-state index contributed by atoms with van der Waals surface area (Å²) in [5.41, 5.74) is 4.36. The van der Waals surface area contributed by atoms with Gasteiger partial charge in [0.2, 0.25) is 6.29 Å². The van der Waals surface area contributed by atoms with Crippen LogP contribution in [0.25, 0.3) is 0 Å². The zero-order valence-electron chi connectivity index (χ0n) is 24.7. The Morgan fingerprint density at radius 2 is 1.73 bits per heavy atom. The number of aromatic nitrogens is 1. The summed E-state index contributed by atoms with van der Waals surface area (Å²) in [6.07, 6.45) is 2.96. The minimum absolute atomic E-state index is 0.173. The average molecular weight is 574 g/mol. The van der Waals surface area contributed by atoms with Crippen molar-refractivity contribution in [1.82, 2.24) is 4.57 Å². The minimum Gasteiger partial charge on any atom is -0.463 e. The Bertz CT molecular complexity index is 1090. The number of hydrogen-bond acceptors (Lipinski definition) is 8. The molecule has 41 heavy (non-hydrogen) atoms. The van der Waals surface area contributed by atoms with E-state index in [1.165, 1.54) is 5.56 Å². The van der Waals surface area contributed by atoms with Crippen LogP contribution in [0, 0.1) is 6.92 Å². The quantitative estimate of drug-likeness (QED) is 0.229. The van der Waals surface area contributed by atoms with Crippen molar-refractivity contribution >= 4 is 5.97 Å². The molecule has 1 unspecified atom stereocenters. The van der Waals surface area contributed by atoms with Gasteiger partial charge >= 0.3 is 5.97 Å². The summed E-state index contributed by atoms with van der Waals surface area (Å²) in [5.74, 6) is 0.155. The third-order valence-corrected chi connectivity index (χ3v) is 8.29. The lowest BCUT2D eigenvalue weighted by Gasteiger charge is -2.39. The first kappa shape index (κ1) is 31.5. The molecular weight excluding hydrogens is 526 g/mol. The summed E-state index contributed by atoms with van der Waals surface area (Å²) >= 11 is 0. The molecule has 4 rings (SSSR count). The van der Waals surface area contributed by atoms with Gasteiger partial charge in [-0.15, -0.1) is 0 Å². The fourth-order valence-electron chi connectivity index (χ4n) is 5.57. The first-order valence-corrected chi connectivity index (χ1v) is 15.2. The molecule has 0 aliphatic carbocycles. The van der Waals surface area contributed by atoms with Gasteiger partial charge in [0.05, 0.1) is 12.6 Å². The minimum atomic E-state index is -1.53. The summed E-state index contributed by atoms with van der Waals surface area (Å²) in [6.45, 7) is 7.37. The predicted molar refractivity (Wildman–Crippen MR) is 154 cm³/mol. The predicted octanol–water partition coefficient (Wildman–Crippen LogP) is 4.00. The number of aryl methyl sites for hydroxylation is 1. The number of aliphatic hydroxyl groups excluding tert-OH is 3. The molecule has 0 radical (unpaired) electrons. The smallest absolute Gasteiger partial charge is 0.305 e. The van der Waals surface area contributed by atoms with Crippen LogP contribution in [0.1, 0.15) is 87.2 Å². The van der Waals surface area contributed by atoms with Gasteiger partial charge in [-0.2, -0.15) is 0 Å². The second-order valence-electron chi connectivity index (χ2n) is 11.3. The van der Waals surface area contributed by atoms with Crippen molar-refractivity contribution in [2.45, 2.75) is 115 Å². The number of carbonyl (C=O) groups is 1. The molecule has 0 bridgehead atoms. The van der Waals surface area contributed by atoms with Gasteiger partial charge in [0.1, 0.15) is 36.8 Å². The molecule has 9 nitrogen and oxygen atoms in total. The maximum absolute atomic E-state index is 12.3. The Morgan fingerprint density at radius 1 is 1.00 bits per heavy atom.